The molecule has 1 amide bonds. The van der Waals surface area contributed by atoms with Crippen LogP contribution in [0.1, 0.15) is 45.2 Å². The molecule has 13 heteroatoms. The Morgan fingerprint density at radius 1 is 1.05 bits per heavy atom. The predicted octanol–water partition coefficient (Wildman–Crippen LogP) is 5.94. The monoisotopic (exact) mass is 592 g/mol. The minimum absolute atomic E-state index is 0.0293. The van der Waals surface area contributed by atoms with Crippen molar-refractivity contribution in [2.75, 3.05) is 11.5 Å². The van der Waals surface area contributed by atoms with Crippen LogP contribution in [0.5, 0.6) is 11.6 Å². The molecule has 3 unspecified atom stereocenters. The molecule has 218 valence electrons. The topological polar surface area (TPSA) is 144 Å². The van der Waals surface area contributed by atoms with Crippen LogP contribution in [0, 0.1) is 12.7 Å². The molecule has 0 aliphatic heterocycles. The van der Waals surface area contributed by atoms with Gasteiger partial charge in [-0.15, -0.1) is 11.3 Å². The smallest absolute Gasteiger partial charge is 0.412 e. The van der Waals surface area contributed by atoms with Crippen LogP contribution in [-0.4, -0.2) is 60.0 Å². The molecule has 0 bridgehead atoms. The number of rotatable bonds is 9. The Morgan fingerprint density at radius 3 is 2.45 bits per heavy atom. The van der Waals surface area contributed by atoms with Crippen molar-refractivity contribution >= 4 is 44.4 Å². The standard InChI is InChI=1S/C29H29FN6O5S/c1-6-40-25-13-31-26-19(7-14(2)8-22(26)34-25)28-35-21-9-20(30)23(10-24(21)42-28)41-17(5)15(3)36(29(38)39)18-11-32-27(16(4)37)33-12-18/h7-13,15-17,37H,6H2,1-5H3,(H,38,39). The highest BCUT2D eigenvalue weighted by Crippen LogP contribution is 2.37. The number of ether oxygens (including phenoxy) is 2. The highest BCUT2D eigenvalue weighted by Gasteiger charge is 2.29. The van der Waals surface area contributed by atoms with Crippen molar-refractivity contribution < 1.29 is 28.9 Å². The number of amides is 1. The van der Waals surface area contributed by atoms with Crippen molar-refractivity contribution in [1.29, 1.82) is 0 Å². The quantitative estimate of drug-likeness (QED) is 0.211. The average molecular weight is 593 g/mol. The number of aliphatic hydroxyl groups excluding tert-OH is 1. The molecule has 2 aromatic carbocycles. The Labute approximate surface area is 244 Å². The molecule has 0 aliphatic rings. The van der Waals surface area contributed by atoms with Crippen LogP contribution < -0.4 is 14.4 Å². The molecule has 3 atom stereocenters. The lowest BCUT2D eigenvalue weighted by Crippen LogP contribution is -2.46. The summed E-state index contributed by atoms with van der Waals surface area (Å²) in [6, 6.07) is 6.01. The third kappa shape index (κ3) is 5.78. The van der Waals surface area contributed by atoms with E-state index in [4.69, 9.17) is 9.47 Å². The zero-order chi connectivity index (χ0) is 30.1. The summed E-state index contributed by atoms with van der Waals surface area (Å²) in [7, 11) is 0. The summed E-state index contributed by atoms with van der Waals surface area (Å²) in [5.41, 5.74) is 3.71. The Morgan fingerprint density at radius 2 is 1.79 bits per heavy atom. The molecule has 0 spiro atoms. The normalized spacial score (nSPS) is 13.6. The van der Waals surface area contributed by atoms with Gasteiger partial charge in [0.25, 0.3) is 0 Å². The number of carbonyl (C=O) groups is 1. The molecule has 0 saturated heterocycles. The molecule has 0 saturated carbocycles. The van der Waals surface area contributed by atoms with Crippen molar-refractivity contribution in [1.82, 2.24) is 24.9 Å². The van der Waals surface area contributed by atoms with Gasteiger partial charge in [0.15, 0.2) is 17.4 Å². The molecule has 42 heavy (non-hydrogen) atoms. The predicted molar refractivity (Wildman–Crippen MR) is 157 cm³/mol. The lowest BCUT2D eigenvalue weighted by Gasteiger charge is -2.30. The fourth-order valence-corrected chi connectivity index (χ4v) is 5.46. The molecule has 5 aromatic rings. The van der Waals surface area contributed by atoms with Gasteiger partial charge in [-0.2, -0.15) is 0 Å². The van der Waals surface area contributed by atoms with Crippen molar-refractivity contribution in [3.63, 3.8) is 0 Å². The summed E-state index contributed by atoms with van der Waals surface area (Å²) in [4.78, 5) is 35.0. The average Bonchev–Trinajstić information content (AvgIpc) is 3.35. The molecular weight excluding hydrogens is 563 g/mol. The summed E-state index contributed by atoms with van der Waals surface area (Å²) in [6.07, 6.45) is 1.29. The summed E-state index contributed by atoms with van der Waals surface area (Å²) in [5.74, 6) is -0.0522. The molecular formula is C29H29FN6O5S. The van der Waals surface area contributed by atoms with E-state index in [1.54, 1.807) is 26.1 Å². The molecule has 0 fully saturated rings. The van der Waals surface area contributed by atoms with Crippen molar-refractivity contribution in [3.8, 4) is 22.2 Å². The zero-order valence-corrected chi connectivity index (χ0v) is 24.4. The van der Waals surface area contributed by atoms with Crippen LogP contribution in [0.15, 0.2) is 42.9 Å². The van der Waals surface area contributed by atoms with Crippen LogP contribution in [-0.2, 0) is 0 Å². The number of aliphatic hydroxyl groups is 1. The molecule has 0 aliphatic carbocycles. The number of hydrogen-bond donors (Lipinski definition) is 2. The van der Waals surface area contributed by atoms with Crippen molar-refractivity contribution in [2.24, 2.45) is 0 Å². The first-order valence-corrected chi connectivity index (χ1v) is 14.1. The molecule has 0 radical (unpaired) electrons. The lowest BCUT2D eigenvalue weighted by molar-refractivity contribution is 0.166. The van der Waals surface area contributed by atoms with E-state index < -0.39 is 30.2 Å². The van der Waals surface area contributed by atoms with Crippen molar-refractivity contribution in [3.05, 3.63) is 60.1 Å². The maximum absolute atomic E-state index is 15.2. The van der Waals surface area contributed by atoms with Crippen LogP contribution in [0.3, 0.4) is 0 Å². The van der Waals surface area contributed by atoms with Gasteiger partial charge in [0.1, 0.15) is 17.2 Å². The van der Waals surface area contributed by atoms with E-state index in [0.717, 1.165) is 16.0 Å². The summed E-state index contributed by atoms with van der Waals surface area (Å²) >= 11 is 1.36. The van der Waals surface area contributed by atoms with Gasteiger partial charge in [-0.3, -0.25) is 4.90 Å². The Hall–Kier alpha value is -4.49. The highest BCUT2D eigenvalue weighted by atomic mass is 32.1. The zero-order valence-electron chi connectivity index (χ0n) is 23.6. The first-order valence-electron chi connectivity index (χ1n) is 13.2. The maximum Gasteiger partial charge on any atom is 0.412 e. The number of carboxylic acid groups (broad SMARTS) is 1. The fourth-order valence-electron chi connectivity index (χ4n) is 4.46. The Balaban J connectivity index is 1.43. The third-order valence-corrected chi connectivity index (χ3v) is 7.70. The van der Waals surface area contributed by atoms with E-state index in [1.165, 1.54) is 36.7 Å². The van der Waals surface area contributed by atoms with Crippen molar-refractivity contribution in [2.45, 2.75) is 52.9 Å². The highest BCUT2D eigenvalue weighted by molar-refractivity contribution is 7.21. The number of hydrogen-bond acceptors (Lipinski definition) is 10. The van der Waals surface area contributed by atoms with Gasteiger partial charge in [0.05, 0.1) is 58.2 Å². The molecule has 3 aromatic heterocycles. The third-order valence-electron chi connectivity index (χ3n) is 6.65. The second-order valence-electron chi connectivity index (χ2n) is 9.78. The van der Waals surface area contributed by atoms with Crippen LogP contribution in [0.25, 0.3) is 31.8 Å². The van der Waals surface area contributed by atoms with Crippen LogP contribution >= 0.6 is 11.3 Å². The first-order chi connectivity index (χ1) is 20.0. The van der Waals surface area contributed by atoms with E-state index >= 15 is 4.39 Å². The number of aromatic nitrogens is 5. The van der Waals surface area contributed by atoms with E-state index in [-0.39, 0.29) is 17.3 Å². The van der Waals surface area contributed by atoms with Crippen LogP contribution in [0.4, 0.5) is 14.9 Å². The van der Waals surface area contributed by atoms with Crippen LogP contribution in [0.2, 0.25) is 0 Å². The number of benzene rings is 2. The van der Waals surface area contributed by atoms with E-state index in [1.807, 2.05) is 26.0 Å². The SMILES string of the molecule is CCOc1cnc2c(-c3nc4cc(F)c(OC(C)C(C)N(C(=O)O)c5cnc(C(C)O)nc5)cc4s3)cc(C)cc2n1. The Kier molecular flexibility index (Phi) is 8.14. The summed E-state index contributed by atoms with van der Waals surface area (Å²) in [5, 5.41) is 20.2. The number of aryl methyl sites for hydroxylation is 1. The number of anilines is 1. The van der Waals surface area contributed by atoms with E-state index in [2.05, 4.69) is 24.9 Å². The molecule has 3 heterocycles. The van der Waals surface area contributed by atoms with Gasteiger partial charge in [0.2, 0.25) is 5.88 Å². The minimum atomic E-state index is -1.25. The number of halogens is 1. The fraction of sp³-hybridized carbons (Fsp3) is 0.310. The number of nitrogens with zero attached hydrogens (tertiary/aromatic N) is 6. The van der Waals surface area contributed by atoms with Gasteiger partial charge < -0.3 is 19.7 Å². The molecule has 2 N–H and O–H groups in total. The van der Waals surface area contributed by atoms with Gasteiger partial charge >= 0.3 is 6.09 Å². The number of fused-ring (bicyclic) bond motifs is 2. The summed E-state index contributed by atoms with van der Waals surface area (Å²) < 4.78 is 27.4. The maximum atomic E-state index is 15.2. The van der Waals surface area contributed by atoms with Gasteiger partial charge in [0, 0.05) is 17.7 Å². The van der Waals surface area contributed by atoms with Gasteiger partial charge in [-0.05, 0) is 52.3 Å². The molecule has 5 rings (SSSR count). The van der Waals surface area contributed by atoms with Gasteiger partial charge in [-0.25, -0.2) is 34.1 Å². The number of thiazole rings is 1. The van der Waals surface area contributed by atoms with E-state index in [0.29, 0.717) is 38.7 Å². The lowest BCUT2D eigenvalue weighted by atomic mass is 10.1. The summed E-state index contributed by atoms with van der Waals surface area (Å²) in [6.45, 7) is 9.11. The van der Waals surface area contributed by atoms with Gasteiger partial charge in [-0.1, -0.05) is 0 Å². The second-order valence-corrected chi connectivity index (χ2v) is 10.8. The second kappa shape index (κ2) is 11.8. The van der Waals surface area contributed by atoms with E-state index in [9.17, 15) is 15.0 Å². The first kappa shape index (κ1) is 29.0. The minimum Gasteiger partial charge on any atom is -0.485 e. The molecule has 11 nitrogen and oxygen atoms in total. The largest absolute Gasteiger partial charge is 0.485 e. The Bertz CT molecular complexity index is 1760.